The van der Waals surface area contributed by atoms with Gasteiger partial charge in [-0.3, -0.25) is 20.3 Å². The largest absolute Gasteiger partial charge is 0.497 e. The summed E-state index contributed by atoms with van der Waals surface area (Å²) in [5, 5.41) is 15.4. The number of halogens is 2. The molecule has 0 aliphatic rings. The summed E-state index contributed by atoms with van der Waals surface area (Å²) < 4.78 is 46.4. The quantitative estimate of drug-likeness (QED) is 0.276. The van der Waals surface area contributed by atoms with Crippen LogP contribution >= 0.6 is 11.6 Å². The van der Waals surface area contributed by atoms with Gasteiger partial charge in [0.05, 0.1) is 28.2 Å². The maximum Gasteiger partial charge on any atom is 0.295 e. The van der Waals surface area contributed by atoms with Crippen molar-refractivity contribution in [3.8, 4) is 5.75 Å². The van der Waals surface area contributed by atoms with E-state index >= 15 is 0 Å². The fraction of sp³-hybridized carbons (Fsp3) is 0.0500. The van der Waals surface area contributed by atoms with Crippen LogP contribution in [0.25, 0.3) is 0 Å². The number of hydrogen-bond donors (Lipinski definition) is 2. The molecule has 0 aliphatic carbocycles. The van der Waals surface area contributed by atoms with Gasteiger partial charge in [-0.15, -0.1) is 0 Å². The van der Waals surface area contributed by atoms with Gasteiger partial charge < -0.3 is 4.74 Å². The van der Waals surface area contributed by atoms with E-state index in [-0.39, 0.29) is 26.9 Å². The van der Waals surface area contributed by atoms with E-state index in [4.69, 9.17) is 16.3 Å². The fourth-order valence-electron chi connectivity index (χ4n) is 2.60. The number of sulfonamides is 1. The van der Waals surface area contributed by atoms with E-state index in [9.17, 15) is 22.9 Å². The van der Waals surface area contributed by atoms with Crippen LogP contribution in [0.3, 0.4) is 0 Å². The monoisotopic (exact) mass is 478 g/mol. The maximum atomic E-state index is 13.8. The highest BCUT2D eigenvalue weighted by atomic mass is 35.5. The Labute approximate surface area is 187 Å². The van der Waals surface area contributed by atoms with Crippen LogP contribution in [-0.4, -0.2) is 26.7 Å². The third kappa shape index (κ3) is 5.31. The minimum absolute atomic E-state index is 0.00721. The highest BCUT2D eigenvalue weighted by molar-refractivity contribution is 7.92. The van der Waals surface area contributed by atoms with E-state index in [0.29, 0.717) is 5.75 Å². The number of hydrazone groups is 1. The third-order valence-corrected chi connectivity index (χ3v) is 5.91. The average molecular weight is 479 g/mol. The van der Waals surface area contributed by atoms with Crippen molar-refractivity contribution in [2.24, 2.45) is 5.10 Å². The number of anilines is 2. The van der Waals surface area contributed by atoms with Gasteiger partial charge >= 0.3 is 0 Å². The molecule has 0 aromatic heterocycles. The van der Waals surface area contributed by atoms with Crippen molar-refractivity contribution < 1.29 is 22.5 Å². The van der Waals surface area contributed by atoms with Crippen LogP contribution in [0.15, 0.2) is 70.7 Å². The number of nitrogens with one attached hydrogen (secondary N) is 2. The molecule has 0 saturated carbocycles. The van der Waals surface area contributed by atoms with Crippen molar-refractivity contribution in [3.63, 3.8) is 0 Å². The molecule has 0 atom stereocenters. The first-order chi connectivity index (χ1) is 15.2. The van der Waals surface area contributed by atoms with Gasteiger partial charge in [0.15, 0.2) is 0 Å². The Bertz CT molecular complexity index is 1260. The lowest BCUT2D eigenvalue weighted by molar-refractivity contribution is -0.384. The van der Waals surface area contributed by atoms with Gasteiger partial charge in [-0.2, -0.15) is 5.10 Å². The Morgan fingerprint density at radius 3 is 2.50 bits per heavy atom. The second-order valence-electron chi connectivity index (χ2n) is 6.28. The first-order valence-corrected chi connectivity index (χ1v) is 10.8. The molecule has 0 fully saturated rings. The molecule has 2 N–H and O–H groups in total. The van der Waals surface area contributed by atoms with Gasteiger partial charge in [-0.1, -0.05) is 17.7 Å². The Morgan fingerprint density at radius 1 is 1.16 bits per heavy atom. The van der Waals surface area contributed by atoms with Gasteiger partial charge in [-0.25, -0.2) is 12.8 Å². The molecule has 0 heterocycles. The number of ether oxygens (including phenoxy) is 1. The summed E-state index contributed by atoms with van der Waals surface area (Å²) in [5.74, 6) is -0.0835. The summed E-state index contributed by atoms with van der Waals surface area (Å²) in [7, 11) is -2.63. The molecular formula is C20H16ClFN4O5S. The fourth-order valence-corrected chi connectivity index (χ4v) is 3.89. The second-order valence-corrected chi connectivity index (χ2v) is 8.37. The molecule has 32 heavy (non-hydrogen) atoms. The molecule has 166 valence electrons. The summed E-state index contributed by atoms with van der Waals surface area (Å²) in [6.45, 7) is 0. The molecule has 0 spiro atoms. The Kier molecular flexibility index (Phi) is 6.91. The zero-order chi connectivity index (χ0) is 23.3. The van der Waals surface area contributed by atoms with E-state index in [0.717, 1.165) is 12.3 Å². The molecule has 12 heteroatoms. The maximum absolute atomic E-state index is 13.8. The van der Waals surface area contributed by atoms with E-state index in [2.05, 4.69) is 15.2 Å². The number of benzene rings is 3. The van der Waals surface area contributed by atoms with Crippen LogP contribution in [0.2, 0.25) is 5.02 Å². The van der Waals surface area contributed by atoms with Gasteiger partial charge in [0.2, 0.25) is 0 Å². The summed E-state index contributed by atoms with van der Waals surface area (Å²) in [4.78, 5) is 10.4. The Morgan fingerprint density at radius 2 is 1.88 bits per heavy atom. The summed E-state index contributed by atoms with van der Waals surface area (Å²) in [5.41, 5.74) is 2.02. The molecule has 0 bridgehead atoms. The lowest BCUT2D eigenvalue weighted by Crippen LogP contribution is -2.13. The number of rotatable bonds is 8. The third-order valence-electron chi connectivity index (χ3n) is 4.20. The van der Waals surface area contributed by atoms with Crippen LogP contribution in [0, 0.1) is 15.9 Å². The summed E-state index contributed by atoms with van der Waals surface area (Å²) in [6.07, 6.45) is 1.07. The first kappa shape index (κ1) is 23.0. The van der Waals surface area contributed by atoms with Crippen LogP contribution in [0.4, 0.5) is 21.5 Å². The van der Waals surface area contributed by atoms with Crippen molar-refractivity contribution in [2.75, 3.05) is 17.3 Å². The second kappa shape index (κ2) is 9.62. The molecule has 0 aliphatic heterocycles. The van der Waals surface area contributed by atoms with Gasteiger partial charge in [-0.05, 0) is 48.5 Å². The molecule has 3 aromatic carbocycles. The lowest BCUT2D eigenvalue weighted by Gasteiger charge is -2.10. The zero-order valence-electron chi connectivity index (χ0n) is 16.5. The van der Waals surface area contributed by atoms with Crippen molar-refractivity contribution in [3.05, 3.63) is 87.2 Å². The molecule has 3 aromatic rings. The Hall–Kier alpha value is -3.70. The summed E-state index contributed by atoms with van der Waals surface area (Å²) in [6, 6.07) is 13.4. The minimum Gasteiger partial charge on any atom is -0.497 e. The van der Waals surface area contributed by atoms with Crippen molar-refractivity contribution in [2.45, 2.75) is 4.90 Å². The number of hydrogen-bond acceptors (Lipinski definition) is 7. The van der Waals surface area contributed by atoms with Gasteiger partial charge in [0.25, 0.3) is 15.7 Å². The van der Waals surface area contributed by atoms with Crippen molar-refractivity contribution in [1.29, 1.82) is 0 Å². The minimum atomic E-state index is -4.11. The SMILES string of the molecule is COc1ccc(NS(=O)(=O)c2ccc(N/N=C/c3c(F)cccc3Cl)c([N+](=O)[O-])c2)cc1. The molecule has 0 amide bonds. The highest BCUT2D eigenvalue weighted by Crippen LogP contribution is 2.29. The molecular weight excluding hydrogens is 463 g/mol. The average Bonchev–Trinajstić information content (AvgIpc) is 2.76. The van der Waals surface area contributed by atoms with E-state index < -0.39 is 26.5 Å². The molecule has 0 unspecified atom stereocenters. The lowest BCUT2D eigenvalue weighted by atomic mass is 10.2. The predicted octanol–water partition coefficient (Wildman–Crippen LogP) is 4.64. The molecule has 0 radical (unpaired) electrons. The van der Waals surface area contributed by atoms with E-state index in [1.165, 1.54) is 49.6 Å². The topological polar surface area (TPSA) is 123 Å². The van der Waals surface area contributed by atoms with Gasteiger partial charge in [0.1, 0.15) is 17.3 Å². The highest BCUT2D eigenvalue weighted by Gasteiger charge is 2.21. The molecule has 3 rings (SSSR count). The number of nitro groups is 1. The van der Waals surface area contributed by atoms with E-state index in [1.54, 1.807) is 12.1 Å². The van der Waals surface area contributed by atoms with Crippen LogP contribution in [-0.2, 0) is 10.0 Å². The van der Waals surface area contributed by atoms with Crippen LogP contribution in [0.1, 0.15) is 5.56 Å². The van der Waals surface area contributed by atoms with Crippen LogP contribution in [0.5, 0.6) is 5.75 Å². The summed E-state index contributed by atoms with van der Waals surface area (Å²) >= 11 is 5.90. The van der Waals surface area contributed by atoms with Crippen LogP contribution < -0.4 is 14.9 Å². The number of methoxy groups -OCH3 is 1. The smallest absolute Gasteiger partial charge is 0.295 e. The van der Waals surface area contributed by atoms with Crippen molar-refractivity contribution in [1.82, 2.24) is 0 Å². The first-order valence-electron chi connectivity index (χ1n) is 8.89. The predicted molar refractivity (Wildman–Crippen MR) is 120 cm³/mol. The number of nitrogens with zero attached hydrogens (tertiary/aromatic N) is 2. The molecule has 9 nitrogen and oxygen atoms in total. The standard InChI is InChI=1S/C20H16ClFN4O5S/c1-31-14-7-5-13(6-8-14)25-32(29,30)15-9-10-19(20(11-15)26(27)28)24-23-12-16-17(21)3-2-4-18(16)22/h2-12,24-25H,1H3/b23-12+. The zero-order valence-corrected chi connectivity index (χ0v) is 18.0. The normalized spacial score (nSPS) is 11.3. The van der Waals surface area contributed by atoms with E-state index in [1.807, 2.05) is 0 Å². The van der Waals surface area contributed by atoms with Gasteiger partial charge in [0, 0.05) is 17.3 Å². The van der Waals surface area contributed by atoms with Crippen molar-refractivity contribution >= 4 is 44.9 Å². The Balaban J connectivity index is 1.85. The molecule has 0 saturated heterocycles. The number of nitro benzene ring substituents is 1.